The Balaban J connectivity index is 2.22. The van der Waals surface area contributed by atoms with Crippen LogP contribution in [0.1, 0.15) is 5.56 Å². The van der Waals surface area contributed by atoms with Gasteiger partial charge in [0, 0.05) is 12.3 Å². The van der Waals surface area contributed by atoms with Crippen LogP contribution in [0.3, 0.4) is 0 Å². The molecule has 0 radical (unpaired) electrons. The molecular formula is C12H11NO2. The third kappa shape index (κ3) is 2.26. The first-order valence-electron chi connectivity index (χ1n) is 4.64. The zero-order valence-electron chi connectivity index (χ0n) is 8.34. The van der Waals surface area contributed by atoms with Crippen LogP contribution in [0.4, 0.5) is 0 Å². The first-order chi connectivity index (χ1) is 7.25. The van der Waals surface area contributed by atoms with Crippen LogP contribution in [-0.4, -0.2) is 10.1 Å². The summed E-state index contributed by atoms with van der Waals surface area (Å²) in [4.78, 5) is 4.08. The zero-order valence-corrected chi connectivity index (χ0v) is 8.34. The standard InChI is InChI=1S/C12H11NO2/c1-9-6-7-12(13-8-9)15-11-5-3-2-4-10(11)14/h2-8,14H,1H3. The number of aromatic hydroxyl groups is 1. The first-order valence-corrected chi connectivity index (χ1v) is 4.64. The summed E-state index contributed by atoms with van der Waals surface area (Å²) in [5.41, 5.74) is 1.07. The van der Waals surface area contributed by atoms with Crippen LogP contribution >= 0.6 is 0 Å². The molecule has 1 N–H and O–H groups in total. The second-order valence-corrected chi connectivity index (χ2v) is 3.24. The molecule has 15 heavy (non-hydrogen) atoms. The fraction of sp³-hybridized carbons (Fsp3) is 0.0833. The lowest BCUT2D eigenvalue weighted by Crippen LogP contribution is -1.87. The third-order valence-corrected chi connectivity index (χ3v) is 1.96. The van der Waals surface area contributed by atoms with E-state index in [-0.39, 0.29) is 5.75 Å². The van der Waals surface area contributed by atoms with Gasteiger partial charge in [-0.25, -0.2) is 4.98 Å². The smallest absolute Gasteiger partial charge is 0.219 e. The van der Waals surface area contributed by atoms with Gasteiger partial charge in [0.1, 0.15) is 0 Å². The van der Waals surface area contributed by atoms with Gasteiger partial charge in [0.25, 0.3) is 0 Å². The number of rotatable bonds is 2. The van der Waals surface area contributed by atoms with Crippen molar-refractivity contribution < 1.29 is 9.84 Å². The van der Waals surface area contributed by atoms with Gasteiger partial charge in [-0.3, -0.25) is 0 Å². The molecule has 2 rings (SSSR count). The summed E-state index contributed by atoms with van der Waals surface area (Å²) in [7, 11) is 0. The molecule has 0 aliphatic carbocycles. The van der Waals surface area contributed by atoms with E-state index in [9.17, 15) is 5.11 Å². The Morgan fingerprint density at radius 3 is 2.60 bits per heavy atom. The van der Waals surface area contributed by atoms with Crippen LogP contribution < -0.4 is 4.74 Å². The summed E-state index contributed by atoms with van der Waals surface area (Å²) < 4.78 is 5.40. The molecule has 1 aromatic carbocycles. The minimum atomic E-state index is 0.111. The number of hydrogen-bond acceptors (Lipinski definition) is 3. The molecule has 0 aliphatic heterocycles. The molecule has 0 atom stereocenters. The number of ether oxygens (including phenoxy) is 1. The number of benzene rings is 1. The van der Waals surface area contributed by atoms with Gasteiger partial charge in [0.05, 0.1) is 0 Å². The molecular weight excluding hydrogens is 190 g/mol. The van der Waals surface area contributed by atoms with Crippen molar-refractivity contribution in [1.82, 2.24) is 4.98 Å². The van der Waals surface area contributed by atoms with Gasteiger partial charge in [-0.1, -0.05) is 18.2 Å². The highest BCUT2D eigenvalue weighted by Gasteiger charge is 2.02. The normalized spacial score (nSPS) is 9.93. The molecule has 0 spiro atoms. The summed E-state index contributed by atoms with van der Waals surface area (Å²) >= 11 is 0. The third-order valence-electron chi connectivity index (χ3n) is 1.96. The molecule has 2 aromatic rings. The topological polar surface area (TPSA) is 42.4 Å². The molecule has 1 heterocycles. The Hall–Kier alpha value is -2.03. The van der Waals surface area contributed by atoms with Crippen molar-refractivity contribution >= 4 is 0 Å². The highest BCUT2D eigenvalue weighted by molar-refractivity contribution is 5.40. The maximum absolute atomic E-state index is 9.47. The molecule has 3 nitrogen and oxygen atoms in total. The SMILES string of the molecule is Cc1ccc(Oc2ccccc2O)nc1. The number of aromatic nitrogens is 1. The van der Waals surface area contributed by atoms with E-state index >= 15 is 0 Å². The summed E-state index contributed by atoms with van der Waals surface area (Å²) in [6.07, 6.45) is 1.72. The van der Waals surface area contributed by atoms with Crippen LogP contribution in [0, 0.1) is 6.92 Å². The number of phenols is 1. The number of pyridine rings is 1. The highest BCUT2D eigenvalue weighted by Crippen LogP contribution is 2.28. The molecule has 1 aromatic heterocycles. The lowest BCUT2D eigenvalue weighted by Gasteiger charge is -2.05. The molecule has 0 saturated carbocycles. The molecule has 0 bridgehead atoms. The molecule has 0 saturated heterocycles. The van der Waals surface area contributed by atoms with Crippen LogP contribution in [0.25, 0.3) is 0 Å². The Morgan fingerprint density at radius 2 is 1.93 bits per heavy atom. The number of aryl methyl sites for hydroxylation is 1. The largest absolute Gasteiger partial charge is 0.504 e. The second-order valence-electron chi connectivity index (χ2n) is 3.24. The van der Waals surface area contributed by atoms with Gasteiger partial charge in [-0.2, -0.15) is 0 Å². The Morgan fingerprint density at radius 1 is 1.13 bits per heavy atom. The lowest BCUT2D eigenvalue weighted by atomic mass is 10.3. The van der Waals surface area contributed by atoms with Crippen molar-refractivity contribution in [2.75, 3.05) is 0 Å². The second kappa shape index (κ2) is 4.00. The minimum absolute atomic E-state index is 0.111. The predicted octanol–water partition coefficient (Wildman–Crippen LogP) is 2.89. The van der Waals surface area contributed by atoms with E-state index in [1.54, 1.807) is 36.5 Å². The Bertz CT molecular complexity index is 451. The summed E-state index contributed by atoms with van der Waals surface area (Å²) in [6.45, 7) is 1.96. The lowest BCUT2D eigenvalue weighted by molar-refractivity contribution is 0.402. The van der Waals surface area contributed by atoms with Crippen molar-refractivity contribution in [2.45, 2.75) is 6.92 Å². The van der Waals surface area contributed by atoms with Crippen LogP contribution in [-0.2, 0) is 0 Å². The van der Waals surface area contributed by atoms with E-state index < -0.39 is 0 Å². The van der Waals surface area contributed by atoms with Gasteiger partial charge >= 0.3 is 0 Å². The van der Waals surface area contributed by atoms with Crippen LogP contribution in [0.15, 0.2) is 42.6 Å². The molecule has 76 valence electrons. The monoisotopic (exact) mass is 201 g/mol. The number of hydrogen-bond donors (Lipinski definition) is 1. The summed E-state index contributed by atoms with van der Waals surface area (Å²) in [5, 5.41) is 9.47. The predicted molar refractivity (Wildman–Crippen MR) is 57.2 cm³/mol. The van der Waals surface area contributed by atoms with E-state index in [1.807, 2.05) is 13.0 Å². The quantitative estimate of drug-likeness (QED) is 0.812. The zero-order chi connectivity index (χ0) is 10.7. The fourth-order valence-electron chi connectivity index (χ4n) is 1.17. The minimum Gasteiger partial charge on any atom is -0.504 e. The van der Waals surface area contributed by atoms with Crippen molar-refractivity contribution in [3.05, 3.63) is 48.2 Å². The number of para-hydroxylation sites is 2. The van der Waals surface area contributed by atoms with E-state index in [2.05, 4.69) is 4.98 Å². The molecule has 0 amide bonds. The summed E-state index contributed by atoms with van der Waals surface area (Å²) in [6, 6.07) is 10.5. The van der Waals surface area contributed by atoms with Gasteiger partial charge in [-0.05, 0) is 24.6 Å². The molecule has 0 fully saturated rings. The van der Waals surface area contributed by atoms with Crippen molar-refractivity contribution in [2.24, 2.45) is 0 Å². The van der Waals surface area contributed by atoms with Gasteiger partial charge in [0.2, 0.25) is 5.88 Å². The number of phenolic OH excluding ortho intramolecular Hbond substituents is 1. The highest BCUT2D eigenvalue weighted by atomic mass is 16.5. The van der Waals surface area contributed by atoms with Gasteiger partial charge < -0.3 is 9.84 Å². The van der Waals surface area contributed by atoms with Crippen molar-refractivity contribution in [3.8, 4) is 17.4 Å². The van der Waals surface area contributed by atoms with Gasteiger partial charge in [0.15, 0.2) is 11.5 Å². The van der Waals surface area contributed by atoms with E-state index in [1.165, 1.54) is 0 Å². The van der Waals surface area contributed by atoms with Gasteiger partial charge in [-0.15, -0.1) is 0 Å². The maximum atomic E-state index is 9.47. The Labute approximate surface area is 88.0 Å². The van der Waals surface area contributed by atoms with Crippen LogP contribution in [0.2, 0.25) is 0 Å². The van der Waals surface area contributed by atoms with E-state index in [0.29, 0.717) is 11.6 Å². The fourth-order valence-corrected chi connectivity index (χ4v) is 1.17. The Kier molecular flexibility index (Phi) is 2.54. The average molecular weight is 201 g/mol. The molecule has 0 aliphatic rings. The number of nitrogens with zero attached hydrogens (tertiary/aromatic N) is 1. The first kappa shape index (κ1) is 9.52. The van der Waals surface area contributed by atoms with Crippen LogP contribution in [0.5, 0.6) is 17.4 Å². The molecule has 0 unspecified atom stereocenters. The summed E-state index contributed by atoms with van der Waals surface area (Å²) in [5.74, 6) is 0.996. The van der Waals surface area contributed by atoms with Crippen molar-refractivity contribution in [3.63, 3.8) is 0 Å². The molecule has 3 heteroatoms. The van der Waals surface area contributed by atoms with E-state index in [4.69, 9.17) is 4.74 Å². The van der Waals surface area contributed by atoms with E-state index in [0.717, 1.165) is 5.56 Å². The van der Waals surface area contributed by atoms with Crippen molar-refractivity contribution in [1.29, 1.82) is 0 Å². The maximum Gasteiger partial charge on any atom is 0.219 e. The average Bonchev–Trinajstić information content (AvgIpc) is 2.25.